The Morgan fingerprint density at radius 2 is 1.85 bits per heavy atom. The van der Waals surface area contributed by atoms with E-state index in [1.807, 2.05) is 36.4 Å². The molecule has 0 aliphatic heterocycles. The van der Waals surface area contributed by atoms with Gasteiger partial charge in [-0.15, -0.1) is 5.10 Å². The molecule has 0 unspecified atom stereocenters. The Balaban J connectivity index is 1.33. The van der Waals surface area contributed by atoms with E-state index in [0.29, 0.717) is 5.89 Å². The molecule has 0 saturated carbocycles. The molecular formula is C21H21N3O3. The van der Waals surface area contributed by atoms with Crippen LogP contribution in [-0.2, 0) is 17.6 Å². The number of para-hydroxylation sites is 1. The van der Waals surface area contributed by atoms with Crippen molar-refractivity contribution in [1.29, 1.82) is 0 Å². The maximum Gasteiger partial charge on any atom is 0.322 e. The van der Waals surface area contributed by atoms with Crippen LogP contribution < -0.4 is 10.1 Å². The van der Waals surface area contributed by atoms with Gasteiger partial charge in [0.25, 0.3) is 0 Å². The topological polar surface area (TPSA) is 77.2 Å². The first-order valence-corrected chi connectivity index (χ1v) is 9.21. The molecule has 2 aromatic carbocycles. The summed E-state index contributed by atoms with van der Waals surface area (Å²) < 4.78 is 11.1. The highest BCUT2D eigenvalue weighted by molar-refractivity contribution is 5.88. The van der Waals surface area contributed by atoms with E-state index >= 15 is 0 Å². The molecule has 0 bridgehead atoms. The molecule has 0 fully saturated rings. The average Bonchev–Trinajstić information content (AvgIpc) is 3.17. The fraction of sp³-hybridized carbons (Fsp3) is 0.286. The van der Waals surface area contributed by atoms with E-state index < -0.39 is 0 Å². The number of nitrogens with one attached hydrogen (secondary N) is 1. The summed E-state index contributed by atoms with van der Waals surface area (Å²) in [7, 11) is 0. The van der Waals surface area contributed by atoms with Gasteiger partial charge in [-0.25, -0.2) is 0 Å². The lowest BCUT2D eigenvalue weighted by atomic mass is 9.90. The molecule has 1 aliphatic rings. The zero-order valence-electron chi connectivity index (χ0n) is 15.0. The van der Waals surface area contributed by atoms with Crippen molar-refractivity contribution in [2.24, 2.45) is 0 Å². The van der Waals surface area contributed by atoms with E-state index in [4.69, 9.17) is 9.15 Å². The monoisotopic (exact) mass is 363 g/mol. The molecule has 0 spiro atoms. The fourth-order valence-corrected chi connectivity index (χ4v) is 3.22. The van der Waals surface area contributed by atoms with Crippen molar-refractivity contribution in [3.8, 4) is 17.2 Å². The number of aryl methyl sites for hydroxylation is 2. The van der Waals surface area contributed by atoms with Crippen LogP contribution in [0.15, 0.2) is 52.9 Å². The Hall–Kier alpha value is -3.15. The van der Waals surface area contributed by atoms with Gasteiger partial charge in [0.05, 0.1) is 13.0 Å². The number of carbonyl (C=O) groups is 1. The van der Waals surface area contributed by atoms with Gasteiger partial charge in [-0.05, 0) is 61.1 Å². The lowest BCUT2D eigenvalue weighted by Gasteiger charge is -2.15. The highest BCUT2D eigenvalue weighted by Crippen LogP contribution is 2.27. The number of nitrogens with zero attached hydrogens (tertiary/aromatic N) is 2. The molecule has 1 amide bonds. The predicted octanol–water partition coefficient (Wildman–Crippen LogP) is 4.02. The predicted molar refractivity (Wildman–Crippen MR) is 102 cm³/mol. The maximum atomic E-state index is 12.0. The molecule has 1 aliphatic carbocycles. The largest absolute Gasteiger partial charge is 0.493 e. The van der Waals surface area contributed by atoms with Crippen molar-refractivity contribution < 1.29 is 13.9 Å². The van der Waals surface area contributed by atoms with E-state index in [2.05, 4.69) is 27.6 Å². The highest BCUT2D eigenvalue weighted by Gasteiger charge is 2.15. The summed E-state index contributed by atoms with van der Waals surface area (Å²) in [6.07, 6.45) is 4.88. The van der Waals surface area contributed by atoms with Crippen LogP contribution >= 0.6 is 0 Å². The van der Waals surface area contributed by atoms with Crippen molar-refractivity contribution in [2.75, 3.05) is 11.9 Å². The Labute approximate surface area is 157 Å². The number of hydrogen-bond acceptors (Lipinski definition) is 5. The van der Waals surface area contributed by atoms with Crippen molar-refractivity contribution in [2.45, 2.75) is 32.1 Å². The first-order valence-electron chi connectivity index (χ1n) is 9.21. The van der Waals surface area contributed by atoms with Gasteiger partial charge >= 0.3 is 6.01 Å². The quantitative estimate of drug-likeness (QED) is 0.716. The third-order valence-electron chi connectivity index (χ3n) is 4.61. The van der Waals surface area contributed by atoms with Crippen LogP contribution in [0.2, 0.25) is 0 Å². The van der Waals surface area contributed by atoms with Gasteiger partial charge in [-0.2, -0.15) is 0 Å². The SMILES string of the molecule is O=C(CCOc1ccccc1)Nc1nnc(-c2ccc3c(c2)CCCC3)o1. The number of ether oxygens (including phenoxy) is 1. The lowest BCUT2D eigenvalue weighted by molar-refractivity contribution is -0.116. The Morgan fingerprint density at radius 3 is 2.70 bits per heavy atom. The van der Waals surface area contributed by atoms with Gasteiger partial charge in [-0.1, -0.05) is 29.4 Å². The molecular weight excluding hydrogens is 342 g/mol. The number of carbonyl (C=O) groups excluding carboxylic acids is 1. The molecule has 27 heavy (non-hydrogen) atoms. The lowest BCUT2D eigenvalue weighted by Crippen LogP contribution is -2.15. The average molecular weight is 363 g/mol. The third-order valence-corrected chi connectivity index (χ3v) is 4.61. The second-order valence-corrected chi connectivity index (χ2v) is 6.56. The van der Waals surface area contributed by atoms with Gasteiger partial charge in [0, 0.05) is 5.56 Å². The Bertz CT molecular complexity index is 921. The minimum absolute atomic E-state index is 0.104. The summed E-state index contributed by atoms with van der Waals surface area (Å²) in [4.78, 5) is 12.0. The van der Waals surface area contributed by atoms with Gasteiger partial charge in [0.15, 0.2) is 0 Å². The van der Waals surface area contributed by atoms with Crippen molar-refractivity contribution in [3.63, 3.8) is 0 Å². The molecule has 1 aromatic heterocycles. The van der Waals surface area contributed by atoms with E-state index in [1.54, 1.807) is 0 Å². The summed E-state index contributed by atoms with van der Waals surface area (Å²) >= 11 is 0. The molecule has 6 nitrogen and oxygen atoms in total. The van der Waals surface area contributed by atoms with Crippen LogP contribution in [0.1, 0.15) is 30.4 Å². The number of amides is 1. The van der Waals surface area contributed by atoms with Crippen molar-refractivity contribution in [1.82, 2.24) is 10.2 Å². The molecule has 0 radical (unpaired) electrons. The number of hydrogen-bond donors (Lipinski definition) is 1. The molecule has 1 heterocycles. The highest BCUT2D eigenvalue weighted by atomic mass is 16.5. The number of rotatable bonds is 6. The number of fused-ring (bicyclic) bond motifs is 1. The van der Waals surface area contributed by atoms with Crippen molar-refractivity contribution >= 4 is 11.9 Å². The zero-order chi connectivity index (χ0) is 18.5. The first-order chi connectivity index (χ1) is 13.3. The molecule has 4 rings (SSSR count). The van der Waals surface area contributed by atoms with E-state index in [0.717, 1.165) is 24.2 Å². The van der Waals surface area contributed by atoms with Crippen LogP contribution in [0.4, 0.5) is 6.01 Å². The van der Waals surface area contributed by atoms with Crippen molar-refractivity contribution in [3.05, 3.63) is 59.7 Å². The van der Waals surface area contributed by atoms with E-state index in [9.17, 15) is 4.79 Å². The van der Waals surface area contributed by atoms with E-state index in [-0.39, 0.29) is 24.9 Å². The Morgan fingerprint density at radius 1 is 1.04 bits per heavy atom. The van der Waals surface area contributed by atoms with Gasteiger partial charge in [0.1, 0.15) is 5.75 Å². The maximum absolute atomic E-state index is 12.0. The summed E-state index contributed by atoms with van der Waals surface area (Å²) in [5.41, 5.74) is 3.63. The molecule has 3 aromatic rings. The van der Waals surface area contributed by atoms with Crippen LogP contribution in [0, 0.1) is 0 Å². The summed E-state index contributed by atoms with van der Waals surface area (Å²) in [6, 6.07) is 15.7. The summed E-state index contributed by atoms with van der Waals surface area (Å²) in [5, 5.41) is 10.6. The number of aromatic nitrogens is 2. The summed E-state index contributed by atoms with van der Waals surface area (Å²) in [5.74, 6) is 0.920. The molecule has 1 N–H and O–H groups in total. The van der Waals surface area contributed by atoms with Crippen LogP contribution in [0.3, 0.4) is 0 Å². The fourth-order valence-electron chi connectivity index (χ4n) is 3.22. The standard InChI is InChI=1S/C21H21N3O3/c25-19(12-13-26-18-8-2-1-3-9-18)22-21-24-23-20(27-21)17-11-10-15-6-4-5-7-16(15)14-17/h1-3,8-11,14H,4-7,12-13H2,(H,22,24,25). The smallest absolute Gasteiger partial charge is 0.322 e. The molecule has 6 heteroatoms. The second-order valence-electron chi connectivity index (χ2n) is 6.56. The molecule has 0 saturated heterocycles. The Kier molecular flexibility index (Phi) is 5.14. The van der Waals surface area contributed by atoms with Crippen LogP contribution in [0.25, 0.3) is 11.5 Å². The molecule has 0 atom stereocenters. The number of benzene rings is 2. The first kappa shape index (κ1) is 17.3. The minimum Gasteiger partial charge on any atom is -0.493 e. The van der Waals surface area contributed by atoms with Crippen LogP contribution in [-0.4, -0.2) is 22.7 Å². The van der Waals surface area contributed by atoms with Crippen LogP contribution in [0.5, 0.6) is 5.75 Å². The molecule has 138 valence electrons. The van der Waals surface area contributed by atoms with Gasteiger partial charge in [0.2, 0.25) is 11.8 Å². The van der Waals surface area contributed by atoms with Gasteiger partial charge < -0.3 is 9.15 Å². The summed E-state index contributed by atoms with van der Waals surface area (Å²) in [6.45, 7) is 0.279. The second kappa shape index (κ2) is 8.03. The minimum atomic E-state index is -0.230. The third kappa shape index (κ3) is 4.34. The normalized spacial score (nSPS) is 13.0. The van der Waals surface area contributed by atoms with Gasteiger partial charge in [-0.3, -0.25) is 10.1 Å². The zero-order valence-corrected chi connectivity index (χ0v) is 15.0. The number of anilines is 1. The van der Waals surface area contributed by atoms with E-state index in [1.165, 1.54) is 24.0 Å².